The van der Waals surface area contributed by atoms with E-state index < -0.39 is 11.6 Å². The summed E-state index contributed by atoms with van der Waals surface area (Å²) in [7, 11) is 2.16. The van der Waals surface area contributed by atoms with E-state index in [1.807, 2.05) is 36.8 Å². The van der Waals surface area contributed by atoms with E-state index in [4.69, 9.17) is 35.6 Å². The fourth-order valence-electron chi connectivity index (χ4n) is 7.70. The highest BCUT2D eigenvalue weighted by Crippen LogP contribution is 2.43. The van der Waals surface area contributed by atoms with Gasteiger partial charge in [0.05, 0.1) is 37.8 Å². The Hall–Kier alpha value is -5.34. The summed E-state index contributed by atoms with van der Waals surface area (Å²) in [6.07, 6.45) is 5.91. The Morgan fingerprint density at radius 2 is 1.00 bits per heavy atom. The molecule has 0 radical (unpaired) electrons. The van der Waals surface area contributed by atoms with E-state index in [-0.39, 0.29) is 0 Å². The molecule has 6 aromatic heterocycles. The molecule has 1 unspecified atom stereocenters. The smallest absolute Gasteiger partial charge is 0.157 e. The van der Waals surface area contributed by atoms with E-state index in [1.165, 1.54) is 30.3 Å². The fourth-order valence-corrected chi connectivity index (χ4v) is 10.8. The third kappa shape index (κ3) is 6.47. The van der Waals surface area contributed by atoms with Crippen LogP contribution in [-0.4, -0.2) is 72.9 Å². The second kappa shape index (κ2) is 14.6. The van der Waals surface area contributed by atoms with Gasteiger partial charge in [0.2, 0.25) is 0 Å². The van der Waals surface area contributed by atoms with Crippen LogP contribution < -0.4 is 5.73 Å². The van der Waals surface area contributed by atoms with Gasteiger partial charge in [-0.15, -0.1) is 34.0 Å². The summed E-state index contributed by atoms with van der Waals surface area (Å²) in [5.41, 5.74) is 8.89. The largest absolute Gasteiger partial charge is 0.321 e. The van der Waals surface area contributed by atoms with Crippen molar-refractivity contribution in [1.29, 1.82) is 0 Å². The molecule has 0 saturated carbocycles. The number of benzene rings is 3. The van der Waals surface area contributed by atoms with Crippen molar-refractivity contribution < 1.29 is 0 Å². The van der Waals surface area contributed by atoms with E-state index in [9.17, 15) is 0 Å². The summed E-state index contributed by atoms with van der Waals surface area (Å²) >= 11 is 5.18. The van der Waals surface area contributed by atoms with Crippen molar-refractivity contribution in [3.05, 3.63) is 145 Å². The third-order valence-corrected chi connectivity index (χ3v) is 14.1. The molecule has 1 aliphatic heterocycles. The summed E-state index contributed by atoms with van der Waals surface area (Å²) in [4.78, 5) is 39.0. The number of rotatable bonds is 9. The first-order valence-corrected chi connectivity index (χ1v) is 21.1. The molecule has 0 bridgehead atoms. The number of thiophene rings is 3. The van der Waals surface area contributed by atoms with Crippen molar-refractivity contribution in [1.82, 2.24) is 39.7 Å². The van der Waals surface area contributed by atoms with Gasteiger partial charge in [0, 0.05) is 65.3 Å². The first-order valence-electron chi connectivity index (χ1n) is 18.7. The minimum absolute atomic E-state index is 0.359. The average Bonchev–Trinajstić information content (AvgIpc) is 4.01. The standard InChI is InChI=1S/C44H37N9S3/c1-52-20-22-53(23-21-52)44(42-47-18-15-33(50-42)39-25-29-9-3-6-12-36(29)55-39,43-48-19-16-34(51-43)40-26-30-10-4-7-13-37(30)56-40)27-31(45)41-46-17-14-32(49-41)38-24-28-8-2-5-11-35(28)54-38/h2-19,24-26,31H,20-23,27,45H2,1H3. The highest BCUT2D eigenvalue weighted by molar-refractivity contribution is 7.23. The summed E-state index contributed by atoms with van der Waals surface area (Å²) in [5.74, 6) is 1.78. The Bertz CT molecular complexity index is 2620. The van der Waals surface area contributed by atoms with E-state index >= 15 is 0 Å². The highest BCUT2D eigenvalue weighted by Gasteiger charge is 2.48. The van der Waals surface area contributed by atoms with Crippen LogP contribution in [0.4, 0.5) is 0 Å². The molecule has 1 fully saturated rings. The van der Waals surface area contributed by atoms with Gasteiger partial charge >= 0.3 is 0 Å². The summed E-state index contributed by atoms with van der Waals surface area (Å²) in [6.45, 7) is 3.22. The van der Waals surface area contributed by atoms with Gasteiger partial charge in [0.15, 0.2) is 11.6 Å². The number of aromatic nitrogens is 6. The van der Waals surface area contributed by atoms with Crippen molar-refractivity contribution in [2.45, 2.75) is 18.0 Å². The first kappa shape index (κ1) is 35.1. The normalized spacial score (nSPS) is 14.9. The van der Waals surface area contributed by atoms with Crippen LogP contribution in [0.25, 0.3) is 62.0 Å². The van der Waals surface area contributed by atoms with Crippen LogP contribution in [0.1, 0.15) is 29.9 Å². The number of nitrogens with two attached hydrogens (primary N) is 1. The second-order valence-corrected chi connectivity index (χ2v) is 17.5. The van der Waals surface area contributed by atoms with Crippen molar-refractivity contribution in [3.8, 4) is 31.7 Å². The molecule has 9 nitrogen and oxygen atoms in total. The number of fused-ring (bicyclic) bond motifs is 3. The molecule has 0 aliphatic carbocycles. The zero-order chi connectivity index (χ0) is 37.6. The number of likely N-dealkylation sites (N-methyl/N-ethyl adjacent to an activating group) is 1. The van der Waals surface area contributed by atoms with Crippen LogP contribution in [0.15, 0.2) is 128 Å². The second-order valence-electron chi connectivity index (χ2n) is 14.2. The molecule has 1 atom stereocenters. The molecule has 1 aliphatic rings. The molecule has 7 heterocycles. The third-order valence-electron chi connectivity index (χ3n) is 10.6. The lowest BCUT2D eigenvalue weighted by molar-refractivity contribution is 0.0406. The number of piperazine rings is 1. The molecular weight excluding hydrogens is 751 g/mol. The van der Waals surface area contributed by atoms with Crippen molar-refractivity contribution in [2.75, 3.05) is 33.2 Å². The number of hydrogen-bond acceptors (Lipinski definition) is 12. The Labute approximate surface area is 336 Å². The minimum atomic E-state index is -1.02. The Balaban J connectivity index is 1.14. The quantitative estimate of drug-likeness (QED) is 0.153. The lowest BCUT2D eigenvalue weighted by atomic mass is 9.85. The minimum Gasteiger partial charge on any atom is -0.321 e. The SMILES string of the molecule is CN1CCN(C(CC(N)c2nccc(-c3cc4ccccc4s3)n2)(c2nccc(-c3cc4ccccc4s3)n2)c2nccc(-c3cc4ccccc4s3)n2)CC1. The zero-order valence-electron chi connectivity index (χ0n) is 30.6. The highest BCUT2D eigenvalue weighted by atomic mass is 32.1. The van der Waals surface area contributed by atoms with Gasteiger partial charge in [-0.1, -0.05) is 54.6 Å². The molecular formula is C44H37N9S3. The molecule has 2 N–H and O–H groups in total. The number of nitrogens with zero attached hydrogens (tertiary/aromatic N) is 8. The molecule has 0 amide bonds. The molecule has 56 heavy (non-hydrogen) atoms. The van der Waals surface area contributed by atoms with E-state index in [2.05, 4.69) is 108 Å². The average molecular weight is 788 g/mol. The maximum Gasteiger partial charge on any atom is 0.157 e. The van der Waals surface area contributed by atoms with Gasteiger partial charge in [-0.2, -0.15) is 0 Å². The van der Waals surface area contributed by atoms with Crippen LogP contribution in [0.5, 0.6) is 0 Å². The van der Waals surface area contributed by atoms with E-state index in [0.717, 1.165) is 57.9 Å². The van der Waals surface area contributed by atoms with Gasteiger partial charge in [-0.3, -0.25) is 4.90 Å². The molecule has 1 saturated heterocycles. The summed E-state index contributed by atoms with van der Waals surface area (Å²) < 4.78 is 3.64. The topological polar surface area (TPSA) is 110 Å². The van der Waals surface area contributed by atoms with Crippen molar-refractivity contribution in [2.24, 2.45) is 5.73 Å². The van der Waals surface area contributed by atoms with Gasteiger partial charge in [0.1, 0.15) is 11.4 Å². The maximum atomic E-state index is 7.35. The van der Waals surface area contributed by atoms with E-state index in [0.29, 0.717) is 23.9 Å². The molecule has 276 valence electrons. The molecule has 9 aromatic rings. The Kier molecular flexibility index (Phi) is 9.17. The monoisotopic (exact) mass is 787 g/mol. The predicted octanol–water partition coefficient (Wildman–Crippen LogP) is 9.28. The van der Waals surface area contributed by atoms with E-state index in [1.54, 1.807) is 34.0 Å². The van der Waals surface area contributed by atoms with Crippen LogP contribution in [0.2, 0.25) is 0 Å². The van der Waals surface area contributed by atoms with Gasteiger partial charge in [0.25, 0.3) is 0 Å². The molecule has 3 aromatic carbocycles. The van der Waals surface area contributed by atoms with Crippen LogP contribution in [-0.2, 0) is 5.54 Å². The van der Waals surface area contributed by atoms with Crippen molar-refractivity contribution >= 4 is 64.3 Å². The molecule has 0 spiro atoms. The fraction of sp³-hybridized carbons (Fsp3) is 0.182. The summed E-state index contributed by atoms with van der Waals surface area (Å²) in [5, 5.41) is 3.57. The lowest BCUT2D eigenvalue weighted by Gasteiger charge is -2.46. The maximum absolute atomic E-state index is 7.35. The van der Waals surface area contributed by atoms with Crippen molar-refractivity contribution in [3.63, 3.8) is 0 Å². The van der Waals surface area contributed by atoms with Gasteiger partial charge in [-0.05, 0) is 77.8 Å². The number of hydrogen-bond donors (Lipinski definition) is 1. The van der Waals surface area contributed by atoms with Crippen LogP contribution in [0, 0.1) is 0 Å². The molecule has 10 rings (SSSR count). The van der Waals surface area contributed by atoms with Gasteiger partial charge < -0.3 is 10.6 Å². The first-order chi connectivity index (χ1) is 27.5. The zero-order valence-corrected chi connectivity index (χ0v) is 33.1. The predicted molar refractivity (Wildman–Crippen MR) is 230 cm³/mol. The van der Waals surface area contributed by atoms with Crippen LogP contribution >= 0.6 is 34.0 Å². The lowest BCUT2D eigenvalue weighted by Crippen LogP contribution is -2.57. The molecule has 12 heteroatoms. The Morgan fingerprint density at radius 3 is 1.46 bits per heavy atom. The summed E-state index contributed by atoms with van der Waals surface area (Å²) in [6, 6.07) is 37.3. The van der Waals surface area contributed by atoms with Crippen LogP contribution in [0.3, 0.4) is 0 Å². The van der Waals surface area contributed by atoms with Gasteiger partial charge in [-0.25, -0.2) is 29.9 Å². The Morgan fingerprint density at radius 1 is 0.571 bits per heavy atom.